The van der Waals surface area contributed by atoms with Gasteiger partial charge >= 0.3 is 0 Å². The molecule has 0 spiro atoms. The van der Waals surface area contributed by atoms with Crippen LogP contribution in [0.3, 0.4) is 0 Å². The summed E-state index contributed by atoms with van der Waals surface area (Å²) in [6.45, 7) is 6.65. The van der Waals surface area contributed by atoms with Crippen molar-refractivity contribution in [2.75, 3.05) is 12.4 Å². The van der Waals surface area contributed by atoms with E-state index in [0.29, 0.717) is 18.6 Å². The minimum absolute atomic E-state index is 0. The van der Waals surface area contributed by atoms with Crippen LogP contribution in [0.25, 0.3) is 0 Å². The van der Waals surface area contributed by atoms with E-state index < -0.39 is 0 Å². The van der Waals surface area contributed by atoms with Crippen LogP contribution < -0.4 is 5.73 Å². The summed E-state index contributed by atoms with van der Waals surface area (Å²) in [6.07, 6.45) is 2.72. The summed E-state index contributed by atoms with van der Waals surface area (Å²) in [5, 5.41) is 9.37. The maximum Gasteiger partial charge on any atom is 0.191 e. The van der Waals surface area contributed by atoms with Crippen molar-refractivity contribution in [3.8, 4) is 0 Å². The van der Waals surface area contributed by atoms with Crippen LogP contribution >= 0.6 is 24.2 Å². The third-order valence-corrected chi connectivity index (χ3v) is 4.04. The smallest absolute Gasteiger partial charge is 0.191 e. The Bertz CT molecular complexity index is 380. The van der Waals surface area contributed by atoms with Gasteiger partial charge in [0.25, 0.3) is 0 Å². The fourth-order valence-electron chi connectivity index (χ4n) is 2.07. The van der Waals surface area contributed by atoms with Crippen LogP contribution in [0.1, 0.15) is 32.5 Å². The molecule has 1 unspecified atom stereocenters. The molecule has 1 aromatic heterocycles. The molecule has 0 bridgehead atoms. The predicted octanol–water partition coefficient (Wildman–Crippen LogP) is 2.09. The second kappa shape index (κ2) is 8.09. The van der Waals surface area contributed by atoms with Gasteiger partial charge in [0.15, 0.2) is 5.16 Å². The van der Waals surface area contributed by atoms with E-state index in [1.54, 1.807) is 11.8 Å². The van der Waals surface area contributed by atoms with E-state index in [1.165, 1.54) is 6.42 Å². The van der Waals surface area contributed by atoms with Crippen LogP contribution in [0.4, 0.5) is 0 Å². The van der Waals surface area contributed by atoms with Crippen molar-refractivity contribution in [3.63, 3.8) is 0 Å². The molecule has 110 valence electrons. The molecule has 19 heavy (non-hydrogen) atoms. The molecule has 1 saturated heterocycles. The van der Waals surface area contributed by atoms with E-state index in [1.807, 2.05) is 0 Å². The molecular formula is C12H23ClN4OS. The average molecular weight is 307 g/mol. The van der Waals surface area contributed by atoms with E-state index >= 15 is 0 Å². The fourth-order valence-corrected chi connectivity index (χ4v) is 3.10. The summed E-state index contributed by atoms with van der Waals surface area (Å²) in [5.74, 6) is 2.40. The van der Waals surface area contributed by atoms with Gasteiger partial charge in [-0.1, -0.05) is 25.6 Å². The maximum atomic E-state index is 5.70. The fraction of sp³-hybridized carbons (Fsp3) is 0.833. The molecule has 5 nitrogen and oxygen atoms in total. The summed E-state index contributed by atoms with van der Waals surface area (Å²) in [7, 11) is 0. The van der Waals surface area contributed by atoms with Crippen LogP contribution in [0.15, 0.2) is 5.16 Å². The Labute approximate surface area is 125 Å². The number of hydrogen-bond acceptors (Lipinski definition) is 5. The number of thioether (sulfide) groups is 1. The quantitative estimate of drug-likeness (QED) is 0.815. The zero-order chi connectivity index (χ0) is 13.0. The van der Waals surface area contributed by atoms with Crippen molar-refractivity contribution in [2.24, 2.45) is 11.7 Å². The first-order valence-corrected chi connectivity index (χ1v) is 7.55. The first-order valence-electron chi connectivity index (χ1n) is 6.57. The summed E-state index contributed by atoms with van der Waals surface area (Å²) >= 11 is 1.73. The first-order chi connectivity index (χ1) is 8.70. The molecule has 0 aliphatic carbocycles. The molecule has 1 fully saturated rings. The molecule has 0 radical (unpaired) electrons. The van der Waals surface area contributed by atoms with Crippen LogP contribution in [0.5, 0.6) is 0 Å². The molecule has 1 aliphatic heterocycles. The van der Waals surface area contributed by atoms with Gasteiger partial charge in [0, 0.05) is 18.9 Å². The van der Waals surface area contributed by atoms with Gasteiger partial charge in [-0.05, 0) is 18.8 Å². The Morgan fingerprint density at radius 3 is 2.84 bits per heavy atom. The van der Waals surface area contributed by atoms with Gasteiger partial charge in [0.1, 0.15) is 5.82 Å². The summed E-state index contributed by atoms with van der Waals surface area (Å²) < 4.78 is 7.77. The van der Waals surface area contributed by atoms with Gasteiger partial charge in [0.2, 0.25) is 0 Å². The van der Waals surface area contributed by atoms with Crippen molar-refractivity contribution in [1.29, 1.82) is 0 Å². The number of nitrogens with two attached hydrogens (primary N) is 1. The first kappa shape index (κ1) is 16.8. The highest BCUT2D eigenvalue weighted by atomic mass is 35.5. The van der Waals surface area contributed by atoms with Gasteiger partial charge in [-0.3, -0.25) is 0 Å². The van der Waals surface area contributed by atoms with Crippen LogP contribution in [-0.2, 0) is 17.8 Å². The number of aromatic nitrogens is 3. The van der Waals surface area contributed by atoms with E-state index in [9.17, 15) is 0 Å². The maximum absolute atomic E-state index is 5.70. The molecule has 1 aromatic rings. The summed E-state index contributed by atoms with van der Waals surface area (Å²) in [6, 6.07) is 0. The van der Waals surface area contributed by atoms with Crippen LogP contribution in [-0.4, -0.2) is 33.2 Å². The van der Waals surface area contributed by atoms with Crippen molar-refractivity contribution in [1.82, 2.24) is 14.8 Å². The minimum Gasteiger partial charge on any atom is -0.377 e. The van der Waals surface area contributed by atoms with E-state index in [-0.39, 0.29) is 12.4 Å². The van der Waals surface area contributed by atoms with E-state index in [0.717, 1.165) is 36.3 Å². The topological polar surface area (TPSA) is 66.0 Å². The normalized spacial score (nSPS) is 18.8. The number of rotatable bonds is 6. The summed E-state index contributed by atoms with van der Waals surface area (Å²) in [4.78, 5) is 0. The lowest BCUT2D eigenvalue weighted by Crippen LogP contribution is -2.14. The molecule has 0 saturated carbocycles. The number of halogens is 1. The molecular weight excluding hydrogens is 284 g/mol. The third kappa shape index (κ3) is 4.63. The minimum atomic E-state index is 0. The zero-order valence-corrected chi connectivity index (χ0v) is 13.2. The highest BCUT2D eigenvalue weighted by Crippen LogP contribution is 2.23. The average Bonchev–Trinajstić information content (AvgIpc) is 2.95. The second-order valence-corrected chi connectivity index (χ2v) is 6.04. The lowest BCUT2D eigenvalue weighted by molar-refractivity contribution is 0.129. The number of hydrogen-bond donors (Lipinski definition) is 1. The predicted molar refractivity (Wildman–Crippen MR) is 79.7 cm³/mol. The molecule has 2 heterocycles. The molecule has 0 amide bonds. The largest absolute Gasteiger partial charge is 0.377 e. The van der Waals surface area contributed by atoms with Crippen LogP contribution in [0, 0.1) is 5.92 Å². The molecule has 0 aromatic carbocycles. The van der Waals surface area contributed by atoms with Gasteiger partial charge in [-0.25, -0.2) is 0 Å². The Morgan fingerprint density at radius 1 is 1.47 bits per heavy atom. The Kier molecular flexibility index (Phi) is 7.13. The Morgan fingerprint density at radius 2 is 2.26 bits per heavy atom. The van der Waals surface area contributed by atoms with Crippen molar-refractivity contribution in [3.05, 3.63) is 5.82 Å². The van der Waals surface area contributed by atoms with E-state index in [2.05, 4.69) is 28.6 Å². The lowest BCUT2D eigenvalue weighted by atomic mass is 10.2. The van der Waals surface area contributed by atoms with Gasteiger partial charge in [-0.15, -0.1) is 22.6 Å². The van der Waals surface area contributed by atoms with Gasteiger partial charge < -0.3 is 15.0 Å². The molecule has 2 rings (SSSR count). The zero-order valence-electron chi connectivity index (χ0n) is 11.5. The number of nitrogens with zero attached hydrogens (tertiary/aromatic N) is 3. The highest BCUT2D eigenvalue weighted by Gasteiger charge is 2.18. The van der Waals surface area contributed by atoms with Crippen molar-refractivity contribution in [2.45, 2.75) is 51.0 Å². The summed E-state index contributed by atoms with van der Waals surface area (Å²) in [5.41, 5.74) is 5.70. The molecule has 7 heteroatoms. The lowest BCUT2D eigenvalue weighted by Gasteiger charge is -2.13. The molecule has 1 aliphatic rings. The Balaban J connectivity index is 0.00000180. The van der Waals surface area contributed by atoms with Gasteiger partial charge in [-0.2, -0.15) is 0 Å². The second-order valence-electron chi connectivity index (χ2n) is 5.05. The highest BCUT2D eigenvalue weighted by molar-refractivity contribution is 7.99. The standard InChI is InChI=1S/C12H22N4OS.ClH/c1-9(2)7-16-11(6-13)14-15-12(16)18-8-10-4-3-5-17-10;/h9-10H,3-8,13H2,1-2H3;1H. The van der Waals surface area contributed by atoms with Crippen molar-refractivity contribution >= 4 is 24.2 Å². The number of ether oxygens (including phenoxy) is 1. The van der Waals surface area contributed by atoms with Crippen molar-refractivity contribution < 1.29 is 4.74 Å². The molecule has 2 N–H and O–H groups in total. The molecule has 1 atom stereocenters. The SMILES string of the molecule is CC(C)Cn1c(CN)nnc1SCC1CCCO1.Cl. The van der Waals surface area contributed by atoms with E-state index in [4.69, 9.17) is 10.5 Å². The van der Waals surface area contributed by atoms with Crippen LogP contribution in [0.2, 0.25) is 0 Å². The monoisotopic (exact) mass is 306 g/mol. The Hall–Kier alpha value is -0.300. The third-order valence-electron chi connectivity index (χ3n) is 2.95. The van der Waals surface area contributed by atoms with Gasteiger partial charge in [0.05, 0.1) is 12.6 Å².